The van der Waals surface area contributed by atoms with Crippen LogP contribution in [0.15, 0.2) is 109 Å². The highest BCUT2D eigenvalue weighted by Gasteiger charge is 2.66. The number of non-ortho nitro benzene ring substituents is 1. The van der Waals surface area contributed by atoms with Crippen molar-refractivity contribution in [1.29, 1.82) is 0 Å². The van der Waals surface area contributed by atoms with E-state index in [0.29, 0.717) is 48.6 Å². The maximum atomic E-state index is 15.0. The van der Waals surface area contributed by atoms with Gasteiger partial charge in [0.05, 0.1) is 29.8 Å². The van der Waals surface area contributed by atoms with Crippen LogP contribution in [0.3, 0.4) is 0 Å². The van der Waals surface area contributed by atoms with Gasteiger partial charge in [-0.25, -0.2) is 9.18 Å². The average Bonchev–Trinajstić information content (AvgIpc) is 3.31. The van der Waals surface area contributed by atoms with E-state index in [-0.39, 0.29) is 68.6 Å². The van der Waals surface area contributed by atoms with Crippen LogP contribution >= 0.6 is 0 Å². The van der Waals surface area contributed by atoms with Crippen LogP contribution in [0.5, 0.6) is 17.2 Å². The van der Waals surface area contributed by atoms with Gasteiger partial charge in [-0.05, 0) is 104 Å². The number of allylic oxidation sites excluding steroid dienone is 1. The van der Waals surface area contributed by atoms with Crippen LogP contribution in [-0.2, 0) is 20.9 Å². The number of nitro groups is 1. The van der Waals surface area contributed by atoms with E-state index in [9.17, 15) is 29.5 Å². The Balaban J connectivity index is 1.45. The lowest BCUT2D eigenvalue weighted by Gasteiger charge is -2.59. The molecular formula is C49H58FN3O11. The van der Waals surface area contributed by atoms with Gasteiger partial charge in [-0.2, -0.15) is 0 Å². The molecule has 3 aromatic rings. The smallest absolute Gasteiger partial charge is 0.416 e. The number of ether oxygens (including phenoxy) is 5. The second kappa shape index (κ2) is 21.8. The Bertz CT molecular complexity index is 2140. The molecule has 1 amide bonds. The molecule has 14 nitrogen and oxygen atoms in total. The minimum absolute atomic E-state index is 0.00241. The fraction of sp³-hybridized carbons (Fsp3) is 0.469. The van der Waals surface area contributed by atoms with Crippen LogP contribution in [0.25, 0.3) is 0 Å². The van der Waals surface area contributed by atoms with Gasteiger partial charge in [-0.15, -0.1) is 6.58 Å². The van der Waals surface area contributed by atoms with Gasteiger partial charge in [-0.3, -0.25) is 15.0 Å². The van der Waals surface area contributed by atoms with Gasteiger partial charge in [0.15, 0.2) is 0 Å². The van der Waals surface area contributed by atoms with Crippen LogP contribution in [0.4, 0.5) is 14.9 Å². The number of nitrogens with zero attached hydrogens (tertiary/aromatic N) is 3. The summed E-state index contributed by atoms with van der Waals surface area (Å²) in [6.07, 6.45) is 10.9. The van der Waals surface area contributed by atoms with Gasteiger partial charge < -0.3 is 38.7 Å². The van der Waals surface area contributed by atoms with E-state index in [4.69, 9.17) is 33.7 Å². The maximum absolute atomic E-state index is 15.0. The molecule has 2 aliphatic heterocycles. The molecule has 0 spiro atoms. The average molecular weight is 884 g/mol. The van der Waals surface area contributed by atoms with E-state index in [2.05, 4.69) is 19.2 Å². The molecule has 64 heavy (non-hydrogen) atoms. The standard InChI is InChI=1S/C49H58FN3O11/c1-3-26-59-38-22-23-43-41(30-38)46-39(12-6-9-25-55)34(11-5-8-24-54)29-40-42(51-64-45-13-7-10-28-60-45)31-44(49(63-43,47(40)46)61-27-4-2)52(32-33-14-16-35(50)17-15-33)48(56)62-37-20-18-36(19-21-37)53(57)58/h3-4,14-23,29-30,34,39,44-47,54-55H,1-2,5-13,24-28,31-32H2. The number of oxime groups is 1. The van der Waals surface area contributed by atoms with E-state index in [1.807, 2.05) is 18.2 Å². The number of hydrogen-bond acceptors (Lipinski definition) is 12. The van der Waals surface area contributed by atoms with Crippen molar-refractivity contribution in [3.63, 3.8) is 0 Å². The topological polar surface area (TPSA) is 172 Å². The number of benzene rings is 3. The first-order chi connectivity index (χ1) is 31.2. The minimum Gasteiger partial charge on any atom is -0.490 e. The normalized spacial score (nSPS) is 25.2. The number of carbonyl (C=O) groups excluding carboxylic acids is 1. The van der Waals surface area contributed by atoms with Gasteiger partial charge in [0.25, 0.3) is 5.69 Å². The van der Waals surface area contributed by atoms with Crippen molar-refractivity contribution >= 4 is 17.5 Å². The Hall–Kier alpha value is -5.61. The largest absolute Gasteiger partial charge is 0.490 e. The molecule has 15 heteroatoms. The first-order valence-corrected chi connectivity index (χ1v) is 22.3. The number of unbranched alkanes of at least 4 members (excludes halogenated alkanes) is 2. The van der Waals surface area contributed by atoms with Crippen molar-refractivity contribution < 1.29 is 52.8 Å². The summed E-state index contributed by atoms with van der Waals surface area (Å²) in [5.74, 6) is -1.85. The number of halogens is 1. The zero-order chi connectivity index (χ0) is 45.1. The highest BCUT2D eigenvalue weighted by Crippen LogP contribution is 2.62. The highest BCUT2D eigenvalue weighted by atomic mass is 19.1. The Morgan fingerprint density at radius 3 is 2.39 bits per heavy atom. The Morgan fingerprint density at radius 2 is 1.70 bits per heavy atom. The molecule has 4 aliphatic rings. The SMILES string of the molecule is C=CCOc1ccc2c(c1)C1C(CCCCO)C(CCCCO)C=C3C(=NOC4CCCCO4)CC(N(Cc4ccc(F)cc4)C(=O)Oc4ccc([N+](=O)[O-])cc4)C(OCC=C)(O2)C31. The maximum Gasteiger partial charge on any atom is 0.416 e. The molecule has 0 radical (unpaired) electrons. The number of carbonyl (C=O) groups is 1. The quantitative estimate of drug-likeness (QED) is 0.0452. The first kappa shape index (κ1) is 46.4. The summed E-state index contributed by atoms with van der Waals surface area (Å²) in [7, 11) is 0. The first-order valence-electron chi connectivity index (χ1n) is 22.3. The predicted molar refractivity (Wildman–Crippen MR) is 236 cm³/mol. The number of fused-ring (bicyclic) bond motifs is 2. The molecule has 0 aromatic heterocycles. The highest BCUT2D eigenvalue weighted by molar-refractivity contribution is 6.03. The molecule has 7 atom stereocenters. The minimum atomic E-state index is -1.62. The fourth-order valence-electron chi connectivity index (χ4n) is 9.69. The van der Waals surface area contributed by atoms with Crippen LogP contribution in [-0.4, -0.2) is 83.0 Å². The molecule has 2 heterocycles. The molecule has 7 rings (SSSR count). The van der Waals surface area contributed by atoms with Crippen molar-refractivity contribution in [2.24, 2.45) is 22.9 Å². The van der Waals surface area contributed by atoms with E-state index in [1.165, 1.54) is 41.3 Å². The summed E-state index contributed by atoms with van der Waals surface area (Å²) in [5.41, 5.74) is 2.69. The molecule has 2 aliphatic carbocycles. The van der Waals surface area contributed by atoms with Gasteiger partial charge >= 0.3 is 6.09 Å². The molecule has 342 valence electrons. The lowest BCUT2D eigenvalue weighted by Crippen LogP contribution is -2.70. The van der Waals surface area contributed by atoms with E-state index in [1.54, 1.807) is 24.3 Å². The lowest BCUT2D eigenvalue weighted by atomic mass is 9.55. The predicted octanol–water partition coefficient (Wildman–Crippen LogP) is 9.16. The number of aliphatic hydroxyl groups excluding tert-OH is 2. The zero-order valence-corrected chi connectivity index (χ0v) is 36.1. The third kappa shape index (κ3) is 10.5. The third-order valence-corrected chi connectivity index (χ3v) is 12.6. The Kier molecular flexibility index (Phi) is 15.8. The molecule has 0 bridgehead atoms. The fourth-order valence-corrected chi connectivity index (χ4v) is 9.69. The zero-order valence-electron chi connectivity index (χ0n) is 36.1. The second-order valence-corrected chi connectivity index (χ2v) is 16.6. The van der Waals surface area contributed by atoms with Crippen LogP contribution in [0.1, 0.15) is 81.3 Å². The summed E-state index contributed by atoms with van der Waals surface area (Å²) >= 11 is 0. The molecule has 2 N–H and O–H groups in total. The number of hydrogen-bond donors (Lipinski definition) is 2. The Labute approximate surface area is 373 Å². The summed E-state index contributed by atoms with van der Waals surface area (Å²) in [4.78, 5) is 33.7. The summed E-state index contributed by atoms with van der Waals surface area (Å²) in [6, 6.07) is 15.7. The van der Waals surface area contributed by atoms with Crippen LogP contribution in [0.2, 0.25) is 0 Å². The monoisotopic (exact) mass is 883 g/mol. The van der Waals surface area contributed by atoms with Crippen molar-refractivity contribution in [2.75, 3.05) is 33.0 Å². The number of nitro benzene ring substituents is 1. The number of aliphatic hydroxyl groups is 2. The second-order valence-electron chi connectivity index (χ2n) is 16.6. The molecule has 2 fully saturated rings. The van der Waals surface area contributed by atoms with Gasteiger partial charge in [0.1, 0.15) is 35.7 Å². The summed E-state index contributed by atoms with van der Waals surface area (Å²) in [6.45, 7) is 8.69. The number of rotatable bonds is 21. The Morgan fingerprint density at radius 1 is 0.969 bits per heavy atom. The van der Waals surface area contributed by atoms with Crippen molar-refractivity contribution in [1.82, 2.24) is 4.90 Å². The van der Waals surface area contributed by atoms with Gasteiger partial charge in [0, 0.05) is 56.2 Å². The third-order valence-electron chi connectivity index (χ3n) is 12.6. The summed E-state index contributed by atoms with van der Waals surface area (Å²) < 4.78 is 46.8. The van der Waals surface area contributed by atoms with E-state index in [0.717, 1.165) is 49.7 Å². The van der Waals surface area contributed by atoms with E-state index < -0.39 is 40.9 Å². The molecule has 3 aromatic carbocycles. The molecule has 1 saturated carbocycles. The molecular weight excluding hydrogens is 826 g/mol. The van der Waals surface area contributed by atoms with Gasteiger partial charge in [0.2, 0.25) is 12.1 Å². The van der Waals surface area contributed by atoms with Crippen LogP contribution in [0, 0.1) is 33.7 Å². The van der Waals surface area contributed by atoms with Crippen LogP contribution < -0.4 is 14.2 Å². The van der Waals surface area contributed by atoms with Gasteiger partial charge in [-0.1, -0.05) is 54.9 Å². The molecule has 1 saturated heterocycles. The van der Waals surface area contributed by atoms with E-state index >= 15 is 0 Å². The van der Waals surface area contributed by atoms with Crippen molar-refractivity contribution in [2.45, 2.75) is 94.8 Å². The summed E-state index contributed by atoms with van der Waals surface area (Å²) in [5, 5.41) is 36.3. The number of amides is 1. The lowest BCUT2D eigenvalue weighted by molar-refractivity contribution is -0.384. The van der Waals surface area contributed by atoms with Crippen molar-refractivity contribution in [3.05, 3.63) is 131 Å². The molecule has 7 unspecified atom stereocenters. The van der Waals surface area contributed by atoms with Crippen molar-refractivity contribution in [3.8, 4) is 17.2 Å².